The molecule has 0 aromatic heterocycles. The van der Waals surface area contributed by atoms with Gasteiger partial charge in [0.25, 0.3) is 0 Å². The molecule has 2 rings (SSSR count). The van der Waals surface area contributed by atoms with Crippen molar-refractivity contribution in [2.45, 2.75) is 6.92 Å². The van der Waals surface area contributed by atoms with Crippen LogP contribution in [0.3, 0.4) is 0 Å². The van der Waals surface area contributed by atoms with Crippen LogP contribution in [0.2, 0.25) is 0 Å². The molecule has 0 unspecified atom stereocenters. The average molecular weight is 319 g/mol. The van der Waals surface area contributed by atoms with Crippen LogP contribution in [0.4, 0.5) is 0 Å². The smallest absolute Gasteiger partial charge is 0.322 e. The molecule has 1 aliphatic rings. The molecule has 7 nitrogen and oxygen atoms in total. The molecule has 22 heavy (non-hydrogen) atoms. The molecule has 0 amide bonds. The number of hydrogen-bond acceptors (Lipinski definition) is 5. The van der Waals surface area contributed by atoms with Gasteiger partial charge in [-0.3, -0.25) is 0 Å². The van der Waals surface area contributed by atoms with Gasteiger partial charge in [0.2, 0.25) is 9.84 Å². The maximum atomic E-state index is 11.4. The Kier molecular flexibility index (Phi) is 4.52. The number of sulfone groups is 1. The van der Waals surface area contributed by atoms with Crippen molar-refractivity contribution in [3.8, 4) is 0 Å². The van der Waals surface area contributed by atoms with Crippen LogP contribution in [-0.4, -0.2) is 19.7 Å². The zero-order valence-corrected chi connectivity index (χ0v) is 12.4. The van der Waals surface area contributed by atoms with Crippen molar-refractivity contribution in [1.82, 2.24) is 5.32 Å². The number of hydrogen-bond donors (Lipinski definition) is 1. The van der Waals surface area contributed by atoms with Crippen molar-refractivity contribution >= 4 is 22.3 Å². The molecule has 0 saturated heterocycles. The predicted molar refractivity (Wildman–Crippen MR) is 83.9 cm³/mol. The number of nitro groups is 1. The molecule has 8 heteroatoms. The number of benzene rings is 1. The van der Waals surface area contributed by atoms with Gasteiger partial charge in [-0.1, -0.05) is 29.8 Å². The Morgan fingerprint density at radius 3 is 2.55 bits per heavy atom. The molecular weight excluding hydrogens is 306 g/mol. The van der Waals surface area contributed by atoms with E-state index >= 15 is 0 Å². The molecule has 1 heterocycles. The zero-order chi connectivity index (χ0) is 16.2. The highest BCUT2D eigenvalue weighted by atomic mass is 32.2. The quantitative estimate of drug-likeness (QED) is 0.387. The molecule has 114 valence electrons. The van der Waals surface area contributed by atoms with E-state index < -0.39 is 14.8 Å². The van der Waals surface area contributed by atoms with Gasteiger partial charge in [-0.05, 0) is 29.6 Å². The number of aryl methyl sites for hydroxylation is 1. The second-order valence-electron chi connectivity index (χ2n) is 4.48. The standard InChI is InChI=1S/C14H13N3O4S/c1-11-4-6-12(7-5-11)9-13(17(18)19)15-10-16-14-3-2-8-22(14,20)21/h2-10H,1H3,(H,15,16)/b13-9-. The second kappa shape index (κ2) is 6.35. The first-order chi connectivity index (χ1) is 10.4. The molecule has 1 aromatic rings. The van der Waals surface area contributed by atoms with Crippen LogP contribution in [0.5, 0.6) is 0 Å². The molecule has 0 atom stereocenters. The normalized spacial score (nSPS) is 16.8. The topological polar surface area (TPSA) is 102 Å². The van der Waals surface area contributed by atoms with Crippen LogP contribution >= 0.6 is 0 Å². The summed E-state index contributed by atoms with van der Waals surface area (Å²) < 4.78 is 22.9. The van der Waals surface area contributed by atoms with Crippen molar-refractivity contribution in [2.75, 3.05) is 0 Å². The lowest BCUT2D eigenvalue weighted by Crippen LogP contribution is -2.18. The van der Waals surface area contributed by atoms with Crippen LogP contribution in [0.25, 0.3) is 6.08 Å². The highest BCUT2D eigenvalue weighted by Crippen LogP contribution is 2.16. The van der Waals surface area contributed by atoms with Crippen molar-refractivity contribution in [3.63, 3.8) is 0 Å². The lowest BCUT2D eigenvalue weighted by molar-refractivity contribution is -0.427. The fraction of sp³-hybridized carbons (Fsp3) is 0.0714. The molecule has 0 saturated carbocycles. The molecule has 0 fully saturated rings. The Balaban J connectivity index is 2.13. The monoisotopic (exact) mass is 319 g/mol. The highest BCUT2D eigenvalue weighted by molar-refractivity contribution is 7.98. The molecule has 0 bridgehead atoms. The SMILES string of the molecule is Cc1ccc(/C=C(/N/C=N/C2=CC=CS2(=O)=O)[N+](=O)[O-])cc1. The van der Waals surface area contributed by atoms with E-state index in [1.807, 2.05) is 19.1 Å². The summed E-state index contributed by atoms with van der Waals surface area (Å²) in [4.78, 5) is 14.1. The van der Waals surface area contributed by atoms with E-state index in [4.69, 9.17) is 0 Å². The minimum atomic E-state index is -3.52. The zero-order valence-electron chi connectivity index (χ0n) is 11.6. The van der Waals surface area contributed by atoms with Crippen LogP contribution in [0.15, 0.2) is 57.7 Å². The van der Waals surface area contributed by atoms with E-state index in [1.54, 1.807) is 12.1 Å². The third-order valence-electron chi connectivity index (χ3n) is 2.77. The molecule has 1 N–H and O–H groups in total. The van der Waals surface area contributed by atoms with E-state index in [9.17, 15) is 18.5 Å². The molecule has 0 spiro atoms. The lowest BCUT2D eigenvalue weighted by Gasteiger charge is -2.00. The maximum absolute atomic E-state index is 11.4. The van der Waals surface area contributed by atoms with Gasteiger partial charge in [0, 0.05) is 11.5 Å². The van der Waals surface area contributed by atoms with E-state index in [1.165, 1.54) is 18.2 Å². The van der Waals surface area contributed by atoms with Crippen LogP contribution < -0.4 is 5.32 Å². The van der Waals surface area contributed by atoms with Crippen molar-refractivity contribution in [3.05, 3.63) is 73.9 Å². The van der Waals surface area contributed by atoms with Crippen LogP contribution in [0, 0.1) is 17.0 Å². The van der Waals surface area contributed by atoms with Crippen LogP contribution in [-0.2, 0) is 9.84 Å². The molecular formula is C14H13N3O4S. The number of nitrogens with zero attached hydrogens (tertiary/aromatic N) is 2. The molecule has 1 aliphatic heterocycles. The van der Waals surface area contributed by atoms with Gasteiger partial charge in [-0.15, -0.1) is 0 Å². The van der Waals surface area contributed by atoms with E-state index in [2.05, 4.69) is 10.3 Å². The van der Waals surface area contributed by atoms with Gasteiger partial charge in [0.1, 0.15) is 0 Å². The Morgan fingerprint density at radius 2 is 2.00 bits per heavy atom. The summed E-state index contributed by atoms with van der Waals surface area (Å²) in [6.45, 7) is 1.91. The van der Waals surface area contributed by atoms with Crippen molar-refractivity contribution < 1.29 is 13.3 Å². The van der Waals surface area contributed by atoms with Gasteiger partial charge in [-0.25, -0.2) is 18.7 Å². The van der Waals surface area contributed by atoms with Crippen molar-refractivity contribution in [2.24, 2.45) is 4.99 Å². The van der Waals surface area contributed by atoms with Gasteiger partial charge >= 0.3 is 5.82 Å². The summed E-state index contributed by atoms with van der Waals surface area (Å²) in [7, 11) is -3.52. The number of allylic oxidation sites excluding steroid dienone is 2. The minimum absolute atomic E-state index is 0.168. The van der Waals surface area contributed by atoms with E-state index in [-0.39, 0.29) is 10.9 Å². The second-order valence-corrected chi connectivity index (χ2v) is 6.26. The fourth-order valence-corrected chi connectivity index (χ4v) is 2.53. The van der Waals surface area contributed by atoms with Crippen molar-refractivity contribution in [1.29, 1.82) is 0 Å². The number of rotatable bonds is 5. The van der Waals surface area contributed by atoms with E-state index in [0.29, 0.717) is 5.56 Å². The Hall–Kier alpha value is -2.74. The summed E-state index contributed by atoms with van der Waals surface area (Å²) in [6.07, 6.45) is 4.97. The fourth-order valence-electron chi connectivity index (χ4n) is 1.64. The maximum Gasteiger partial charge on any atom is 0.322 e. The summed E-state index contributed by atoms with van der Waals surface area (Å²) in [5.41, 5.74) is 1.69. The van der Waals surface area contributed by atoms with Gasteiger partial charge in [0.15, 0.2) is 11.4 Å². The Morgan fingerprint density at radius 1 is 1.32 bits per heavy atom. The van der Waals surface area contributed by atoms with Gasteiger partial charge in [0.05, 0.1) is 0 Å². The minimum Gasteiger partial charge on any atom is -0.358 e. The number of nitrogens with one attached hydrogen (secondary N) is 1. The number of aliphatic imine (C=N–C) groups is 1. The molecule has 0 radical (unpaired) electrons. The summed E-state index contributed by atoms with van der Waals surface area (Å²) >= 11 is 0. The molecule has 0 aliphatic carbocycles. The van der Waals surface area contributed by atoms with Gasteiger partial charge in [-0.2, -0.15) is 0 Å². The first-order valence-electron chi connectivity index (χ1n) is 6.24. The Bertz CT molecular complexity index is 803. The lowest BCUT2D eigenvalue weighted by atomic mass is 10.1. The summed E-state index contributed by atoms with van der Waals surface area (Å²) in [5, 5.41) is 14.2. The van der Waals surface area contributed by atoms with Crippen LogP contribution in [0.1, 0.15) is 11.1 Å². The first-order valence-corrected chi connectivity index (χ1v) is 7.78. The highest BCUT2D eigenvalue weighted by Gasteiger charge is 2.17. The first kappa shape index (κ1) is 15.6. The van der Waals surface area contributed by atoms with Gasteiger partial charge < -0.3 is 10.1 Å². The average Bonchev–Trinajstić information content (AvgIpc) is 2.79. The predicted octanol–water partition coefficient (Wildman–Crippen LogP) is 1.97. The third-order valence-corrected chi connectivity index (χ3v) is 4.11. The summed E-state index contributed by atoms with van der Waals surface area (Å²) in [5.74, 6) is -0.309. The third kappa shape index (κ3) is 3.89. The molecule has 1 aromatic carbocycles. The largest absolute Gasteiger partial charge is 0.358 e. The summed E-state index contributed by atoms with van der Waals surface area (Å²) in [6, 6.07) is 7.15. The van der Waals surface area contributed by atoms with E-state index in [0.717, 1.165) is 17.3 Å². The Labute approximate surface area is 127 Å².